The Morgan fingerprint density at radius 1 is 1.17 bits per heavy atom. The van der Waals surface area contributed by atoms with Crippen molar-refractivity contribution < 1.29 is 17.2 Å². The van der Waals surface area contributed by atoms with Crippen LogP contribution in [0.1, 0.15) is 65.7 Å². The number of nitrogens with zero attached hydrogens (tertiary/aromatic N) is 1. The lowest BCUT2D eigenvalue weighted by molar-refractivity contribution is -0.0000163. The lowest BCUT2D eigenvalue weighted by Crippen LogP contribution is -3.00. The number of thiophene rings is 1. The average Bonchev–Trinajstić information content (AvgIpc) is 2.95. The molecule has 29 heavy (non-hydrogen) atoms. The Morgan fingerprint density at radius 3 is 2.72 bits per heavy atom. The molecule has 0 bridgehead atoms. The number of Topliss-reactive ketones (excluding diaryl/α,β-unsaturated/α-hetero) is 1. The van der Waals surface area contributed by atoms with Gasteiger partial charge in [-0.2, -0.15) is 0 Å². The summed E-state index contributed by atoms with van der Waals surface area (Å²) < 4.78 is 0. The first-order chi connectivity index (χ1) is 13.3. The van der Waals surface area contributed by atoms with E-state index in [2.05, 4.69) is 52.0 Å². The molecule has 1 atom stereocenters. The molecule has 0 aliphatic heterocycles. The highest BCUT2D eigenvalue weighted by molar-refractivity contribution is 7.19. The maximum absolute atomic E-state index is 13.3. The summed E-state index contributed by atoms with van der Waals surface area (Å²) in [5.41, 5.74) is 6.93. The molecule has 2 heterocycles. The molecule has 2 aromatic heterocycles. The van der Waals surface area contributed by atoms with Crippen LogP contribution in [0, 0.1) is 18.3 Å². The molecule has 0 spiro atoms. The summed E-state index contributed by atoms with van der Waals surface area (Å²) in [5.74, 6) is 0.999. The minimum absolute atomic E-state index is 0. The van der Waals surface area contributed by atoms with Gasteiger partial charge in [0.2, 0.25) is 0 Å². The zero-order valence-electron chi connectivity index (χ0n) is 17.6. The molecule has 0 radical (unpaired) electrons. The molecule has 4 heteroatoms. The summed E-state index contributed by atoms with van der Waals surface area (Å²) in [6.07, 6.45) is 4.96. The number of hydrogen-bond acceptors (Lipinski definition) is 3. The molecule has 0 amide bonds. The standard InChI is InChI=1S/C25H27NOS.ClH/c1-14-6-5-7-16(10-14)21-22-17-9-8-15(2)11-20(17)28-24(22)26-18-12-25(3,4)13-19(27)23(18)21;/h5-7,10,15H,8-9,11-13H2,1-4H3;1H/p-1. The first-order valence-corrected chi connectivity index (χ1v) is 11.2. The third-order valence-electron chi connectivity index (χ3n) is 6.39. The van der Waals surface area contributed by atoms with Gasteiger partial charge in [0, 0.05) is 27.8 Å². The predicted octanol–water partition coefficient (Wildman–Crippen LogP) is 3.56. The van der Waals surface area contributed by atoms with Gasteiger partial charge in [0.1, 0.15) is 4.83 Å². The first-order valence-electron chi connectivity index (χ1n) is 10.4. The molecule has 2 aliphatic carbocycles. The minimum atomic E-state index is -0.0139. The Labute approximate surface area is 183 Å². The predicted molar refractivity (Wildman–Crippen MR) is 117 cm³/mol. The number of carbonyl (C=O) groups excluding carboxylic acids is 1. The summed E-state index contributed by atoms with van der Waals surface area (Å²) in [7, 11) is 0. The molecule has 3 aromatic rings. The third-order valence-corrected chi connectivity index (χ3v) is 7.54. The van der Waals surface area contributed by atoms with Gasteiger partial charge in [0.05, 0.1) is 5.69 Å². The van der Waals surface area contributed by atoms with Crippen molar-refractivity contribution in [2.75, 3.05) is 0 Å². The summed E-state index contributed by atoms with van der Waals surface area (Å²) in [5, 5.41) is 1.27. The summed E-state index contributed by atoms with van der Waals surface area (Å²) in [6, 6.07) is 8.65. The van der Waals surface area contributed by atoms with Gasteiger partial charge in [-0.25, -0.2) is 4.98 Å². The van der Waals surface area contributed by atoms with Gasteiger partial charge in [-0.3, -0.25) is 4.79 Å². The van der Waals surface area contributed by atoms with Gasteiger partial charge in [0.25, 0.3) is 0 Å². The number of pyridine rings is 1. The number of aromatic nitrogens is 1. The molecular formula is C25H27ClNOS-. The average molecular weight is 425 g/mol. The lowest BCUT2D eigenvalue weighted by atomic mass is 9.73. The normalized spacial score (nSPS) is 20.1. The van der Waals surface area contributed by atoms with E-state index in [1.165, 1.54) is 33.4 Å². The highest BCUT2D eigenvalue weighted by Gasteiger charge is 2.36. The second-order valence-corrected chi connectivity index (χ2v) is 10.7. The maximum atomic E-state index is 13.3. The topological polar surface area (TPSA) is 30.0 Å². The van der Waals surface area contributed by atoms with E-state index in [0.717, 1.165) is 46.8 Å². The third kappa shape index (κ3) is 3.43. The van der Waals surface area contributed by atoms with Crippen LogP contribution in [-0.4, -0.2) is 10.8 Å². The fourth-order valence-electron chi connectivity index (χ4n) is 5.08. The van der Waals surface area contributed by atoms with Crippen LogP contribution >= 0.6 is 11.3 Å². The number of hydrogen-bond donors (Lipinski definition) is 0. The number of rotatable bonds is 1. The second kappa shape index (κ2) is 7.21. The van der Waals surface area contributed by atoms with Gasteiger partial charge in [-0.05, 0) is 55.1 Å². The maximum Gasteiger partial charge on any atom is 0.165 e. The van der Waals surface area contributed by atoms with Crippen molar-refractivity contribution in [2.45, 2.75) is 59.8 Å². The smallest absolute Gasteiger partial charge is 0.165 e. The second-order valence-electron chi connectivity index (χ2n) is 9.65. The van der Waals surface area contributed by atoms with Gasteiger partial charge in [-0.15, -0.1) is 11.3 Å². The molecule has 0 saturated heterocycles. The van der Waals surface area contributed by atoms with Crippen molar-refractivity contribution in [3.05, 3.63) is 51.5 Å². The molecule has 1 unspecified atom stereocenters. The molecule has 0 fully saturated rings. The fraction of sp³-hybridized carbons (Fsp3) is 0.440. The molecular weight excluding hydrogens is 398 g/mol. The molecule has 2 nitrogen and oxygen atoms in total. The van der Waals surface area contributed by atoms with Crippen LogP contribution in [0.25, 0.3) is 21.3 Å². The summed E-state index contributed by atoms with van der Waals surface area (Å²) in [6.45, 7) is 8.85. The minimum Gasteiger partial charge on any atom is -1.00 e. The van der Waals surface area contributed by atoms with E-state index in [4.69, 9.17) is 4.98 Å². The molecule has 1 aromatic carbocycles. The number of ketones is 1. The zero-order chi connectivity index (χ0) is 19.6. The quantitative estimate of drug-likeness (QED) is 0.597. The largest absolute Gasteiger partial charge is 1.00 e. The van der Waals surface area contributed by atoms with Crippen molar-refractivity contribution in [3.8, 4) is 11.1 Å². The zero-order valence-corrected chi connectivity index (χ0v) is 19.1. The summed E-state index contributed by atoms with van der Waals surface area (Å²) >= 11 is 1.87. The molecule has 5 rings (SSSR count). The SMILES string of the molecule is Cc1cccc(-c2c3c(nc4sc5c(c24)CCC(C)C5)CC(C)(C)CC3=O)c1.[Cl-]. The van der Waals surface area contributed by atoms with Gasteiger partial charge in [-0.1, -0.05) is 50.6 Å². The lowest BCUT2D eigenvalue weighted by Gasteiger charge is -2.31. The van der Waals surface area contributed by atoms with Crippen molar-refractivity contribution in [1.29, 1.82) is 0 Å². The van der Waals surface area contributed by atoms with Gasteiger partial charge < -0.3 is 12.4 Å². The molecule has 152 valence electrons. The Morgan fingerprint density at radius 2 is 1.97 bits per heavy atom. The van der Waals surface area contributed by atoms with Crippen molar-refractivity contribution in [2.24, 2.45) is 11.3 Å². The van der Waals surface area contributed by atoms with Crippen molar-refractivity contribution >= 4 is 27.3 Å². The monoisotopic (exact) mass is 424 g/mol. The number of halogens is 1. The molecule has 0 N–H and O–H groups in total. The Kier molecular flexibility index (Phi) is 5.11. The van der Waals surface area contributed by atoms with Crippen LogP contribution < -0.4 is 12.4 Å². The highest BCUT2D eigenvalue weighted by atomic mass is 35.5. The van der Waals surface area contributed by atoms with E-state index in [1.54, 1.807) is 0 Å². The van der Waals surface area contributed by atoms with Gasteiger partial charge in [0.15, 0.2) is 5.78 Å². The van der Waals surface area contributed by atoms with Crippen molar-refractivity contribution in [1.82, 2.24) is 4.98 Å². The summed E-state index contributed by atoms with van der Waals surface area (Å²) in [4.78, 5) is 21.1. The Balaban J connectivity index is 0.00000205. The highest BCUT2D eigenvalue weighted by Crippen LogP contribution is 2.47. The van der Waals surface area contributed by atoms with Crippen LogP contribution in [0.4, 0.5) is 0 Å². The number of benzene rings is 1. The van der Waals surface area contributed by atoms with E-state index in [9.17, 15) is 4.79 Å². The van der Waals surface area contributed by atoms with E-state index in [1.807, 2.05) is 11.3 Å². The fourth-order valence-corrected chi connectivity index (χ4v) is 6.49. The Hall–Kier alpha value is -1.71. The van der Waals surface area contributed by atoms with Crippen LogP contribution in [-0.2, 0) is 19.3 Å². The van der Waals surface area contributed by atoms with E-state index in [-0.39, 0.29) is 23.6 Å². The first kappa shape index (κ1) is 20.6. The van der Waals surface area contributed by atoms with Crippen LogP contribution in [0.5, 0.6) is 0 Å². The number of fused-ring (bicyclic) bond motifs is 4. The van der Waals surface area contributed by atoms with E-state index >= 15 is 0 Å². The van der Waals surface area contributed by atoms with E-state index in [0.29, 0.717) is 6.42 Å². The van der Waals surface area contributed by atoms with E-state index < -0.39 is 0 Å². The van der Waals surface area contributed by atoms with Crippen LogP contribution in [0.15, 0.2) is 24.3 Å². The van der Waals surface area contributed by atoms with Crippen LogP contribution in [0.2, 0.25) is 0 Å². The Bertz CT molecular complexity index is 1130. The van der Waals surface area contributed by atoms with Crippen molar-refractivity contribution in [3.63, 3.8) is 0 Å². The number of carbonyl (C=O) groups is 1. The molecule has 2 aliphatic rings. The van der Waals surface area contributed by atoms with Gasteiger partial charge >= 0.3 is 0 Å². The number of aryl methyl sites for hydroxylation is 2. The molecule has 0 saturated carbocycles. The van der Waals surface area contributed by atoms with Crippen LogP contribution in [0.3, 0.4) is 0 Å².